The van der Waals surface area contributed by atoms with Gasteiger partial charge in [0.2, 0.25) is 0 Å². The zero-order chi connectivity index (χ0) is 7.40. The van der Waals surface area contributed by atoms with Crippen molar-refractivity contribution >= 4 is 20.4 Å². The smallest absolute Gasteiger partial charge is 0.0382 e. The SMILES string of the molecule is CCC(Cl)C[SiH]1CCCC1. The van der Waals surface area contributed by atoms with Crippen LogP contribution in [0.2, 0.25) is 18.1 Å². The quantitative estimate of drug-likeness (QED) is 0.458. The van der Waals surface area contributed by atoms with E-state index in [1.54, 1.807) is 12.1 Å². The van der Waals surface area contributed by atoms with E-state index < -0.39 is 0 Å². The second-order valence-corrected chi connectivity index (χ2v) is 7.37. The largest absolute Gasteiger partial charge is 0.123 e. The Morgan fingerprint density at radius 3 is 2.50 bits per heavy atom. The molecule has 1 unspecified atom stereocenters. The molecule has 0 aromatic rings. The third kappa shape index (κ3) is 2.63. The molecule has 0 nitrogen and oxygen atoms in total. The van der Waals surface area contributed by atoms with Crippen LogP contribution in [0.15, 0.2) is 0 Å². The van der Waals surface area contributed by atoms with Gasteiger partial charge >= 0.3 is 0 Å². The van der Waals surface area contributed by atoms with Gasteiger partial charge in [-0.15, -0.1) is 11.6 Å². The van der Waals surface area contributed by atoms with Crippen molar-refractivity contribution in [3.8, 4) is 0 Å². The van der Waals surface area contributed by atoms with E-state index in [9.17, 15) is 0 Å². The molecule has 0 radical (unpaired) electrons. The second kappa shape index (κ2) is 4.40. The molecule has 1 heterocycles. The van der Waals surface area contributed by atoms with Crippen molar-refractivity contribution in [2.45, 2.75) is 49.7 Å². The van der Waals surface area contributed by atoms with E-state index in [2.05, 4.69) is 6.92 Å². The fraction of sp³-hybridized carbons (Fsp3) is 1.00. The Kier molecular flexibility index (Phi) is 3.78. The Morgan fingerprint density at radius 2 is 2.00 bits per heavy atom. The van der Waals surface area contributed by atoms with Gasteiger partial charge in [-0.1, -0.05) is 31.9 Å². The van der Waals surface area contributed by atoms with Gasteiger partial charge in [-0.05, 0) is 12.5 Å². The van der Waals surface area contributed by atoms with Crippen LogP contribution in [0.25, 0.3) is 0 Å². The minimum absolute atomic E-state index is 0.288. The third-order valence-corrected chi connectivity index (χ3v) is 6.98. The molecule has 0 bridgehead atoms. The van der Waals surface area contributed by atoms with Crippen LogP contribution in [-0.2, 0) is 0 Å². The highest BCUT2D eigenvalue weighted by molar-refractivity contribution is 6.60. The zero-order valence-electron chi connectivity index (χ0n) is 6.78. The molecular weight excluding hydrogens is 160 g/mol. The molecule has 0 aromatic carbocycles. The summed E-state index contributed by atoms with van der Waals surface area (Å²) in [4.78, 5) is 0. The van der Waals surface area contributed by atoms with Crippen molar-refractivity contribution < 1.29 is 0 Å². The molecule has 2 heteroatoms. The van der Waals surface area contributed by atoms with Crippen molar-refractivity contribution in [2.24, 2.45) is 0 Å². The molecule has 1 rings (SSSR count). The van der Waals surface area contributed by atoms with Gasteiger partial charge in [0, 0.05) is 14.2 Å². The van der Waals surface area contributed by atoms with Gasteiger partial charge in [0.15, 0.2) is 0 Å². The van der Waals surface area contributed by atoms with Crippen molar-refractivity contribution in [3.63, 3.8) is 0 Å². The molecular formula is C8H17ClSi. The Hall–Kier alpha value is 0.507. The monoisotopic (exact) mass is 176 g/mol. The molecule has 0 aliphatic carbocycles. The molecule has 1 aliphatic heterocycles. The summed E-state index contributed by atoms with van der Waals surface area (Å²) in [7, 11) is -0.288. The first kappa shape index (κ1) is 8.60. The fourth-order valence-electron chi connectivity index (χ4n) is 1.77. The molecule has 0 saturated carbocycles. The topological polar surface area (TPSA) is 0 Å². The minimum atomic E-state index is -0.288. The number of halogens is 1. The summed E-state index contributed by atoms with van der Waals surface area (Å²) < 4.78 is 0. The first-order valence-electron chi connectivity index (χ1n) is 4.47. The predicted molar refractivity (Wildman–Crippen MR) is 50.7 cm³/mol. The average Bonchev–Trinajstić information content (AvgIpc) is 2.40. The highest BCUT2D eigenvalue weighted by Crippen LogP contribution is 2.25. The highest BCUT2D eigenvalue weighted by atomic mass is 35.5. The summed E-state index contributed by atoms with van der Waals surface area (Å²) in [6.45, 7) is 2.20. The standard InChI is InChI=1S/C8H17ClSi/c1-2-8(9)7-10-5-3-4-6-10/h8,10H,2-7H2,1H3. The summed E-state index contributed by atoms with van der Waals surface area (Å²) in [6, 6.07) is 4.55. The van der Waals surface area contributed by atoms with Crippen LogP contribution in [0.3, 0.4) is 0 Å². The Morgan fingerprint density at radius 1 is 1.40 bits per heavy atom. The van der Waals surface area contributed by atoms with Crippen LogP contribution in [0.5, 0.6) is 0 Å². The number of alkyl halides is 1. The van der Waals surface area contributed by atoms with E-state index in [1.807, 2.05) is 0 Å². The van der Waals surface area contributed by atoms with Gasteiger partial charge in [-0.3, -0.25) is 0 Å². The van der Waals surface area contributed by atoms with E-state index >= 15 is 0 Å². The molecule has 1 fully saturated rings. The Labute approximate surface area is 70.6 Å². The van der Waals surface area contributed by atoms with Crippen molar-refractivity contribution in [3.05, 3.63) is 0 Å². The molecule has 60 valence electrons. The highest BCUT2D eigenvalue weighted by Gasteiger charge is 2.18. The molecule has 1 saturated heterocycles. The molecule has 0 amide bonds. The van der Waals surface area contributed by atoms with E-state index in [-0.39, 0.29) is 8.80 Å². The second-order valence-electron chi connectivity index (χ2n) is 3.39. The van der Waals surface area contributed by atoms with Crippen molar-refractivity contribution in [2.75, 3.05) is 0 Å². The molecule has 1 aliphatic rings. The first-order valence-corrected chi connectivity index (χ1v) is 7.35. The molecule has 0 N–H and O–H groups in total. The predicted octanol–water partition coefficient (Wildman–Crippen LogP) is 3.02. The maximum atomic E-state index is 6.08. The van der Waals surface area contributed by atoms with Gasteiger partial charge in [0.25, 0.3) is 0 Å². The zero-order valence-corrected chi connectivity index (χ0v) is 8.69. The maximum Gasteiger partial charge on any atom is 0.0382 e. The number of rotatable bonds is 3. The molecule has 10 heavy (non-hydrogen) atoms. The lowest BCUT2D eigenvalue weighted by Gasteiger charge is -2.10. The summed E-state index contributed by atoms with van der Waals surface area (Å²) >= 11 is 6.08. The molecule has 0 aromatic heterocycles. The number of hydrogen-bond donors (Lipinski definition) is 0. The van der Waals surface area contributed by atoms with Crippen LogP contribution in [-0.4, -0.2) is 14.2 Å². The third-order valence-electron chi connectivity index (χ3n) is 2.51. The molecule has 0 spiro atoms. The Balaban J connectivity index is 2.11. The summed E-state index contributed by atoms with van der Waals surface area (Å²) in [6.07, 6.45) is 4.18. The average molecular weight is 177 g/mol. The minimum Gasteiger partial charge on any atom is -0.123 e. The maximum absolute atomic E-state index is 6.08. The van der Waals surface area contributed by atoms with Crippen LogP contribution in [0, 0.1) is 0 Å². The van der Waals surface area contributed by atoms with E-state index in [1.165, 1.54) is 25.3 Å². The lowest BCUT2D eigenvalue weighted by Crippen LogP contribution is -2.12. The van der Waals surface area contributed by atoms with Crippen LogP contribution in [0.1, 0.15) is 26.2 Å². The van der Waals surface area contributed by atoms with Crippen LogP contribution >= 0.6 is 11.6 Å². The van der Waals surface area contributed by atoms with E-state index in [4.69, 9.17) is 11.6 Å². The number of hydrogen-bond acceptors (Lipinski definition) is 0. The Bertz CT molecular complexity index is 89.3. The van der Waals surface area contributed by atoms with Gasteiger partial charge in [0.1, 0.15) is 0 Å². The lowest BCUT2D eigenvalue weighted by molar-refractivity contribution is 0.881. The van der Waals surface area contributed by atoms with Gasteiger partial charge in [-0.25, -0.2) is 0 Å². The molecule has 1 atom stereocenters. The van der Waals surface area contributed by atoms with Gasteiger partial charge < -0.3 is 0 Å². The summed E-state index contributed by atoms with van der Waals surface area (Å²) in [5, 5.41) is 0.509. The van der Waals surface area contributed by atoms with Crippen LogP contribution in [0.4, 0.5) is 0 Å². The fourth-order valence-corrected chi connectivity index (χ4v) is 6.08. The lowest BCUT2D eigenvalue weighted by atomic mass is 10.4. The van der Waals surface area contributed by atoms with Crippen molar-refractivity contribution in [1.82, 2.24) is 0 Å². The van der Waals surface area contributed by atoms with E-state index in [0.717, 1.165) is 0 Å². The first-order chi connectivity index (χ1) is 4.83. The summed E-state index contributed by atoms with van der Waals surface area (Å²) in [5.41, 5.74) is 0. The van der Waals surface area contributed by atoms with E-state index in [0.29, 0.717) is 5.38 Å². The van der Waals surface area contributed by atoms with Crippen molar-refractivity contribution in [1.29, 1.82) is 0 Å². The normalized spacial score (nSPS) is 23.4. The van der Waals surface area contributed by atoms with Crippen LogP contribution < -0.4 is 0 Å². The van der Waals surface area contributed by atoms with Gasteiger partial charge in [-0.2, -0.15) is 0 Å². The van der Waals surface area contributed by atoms with Gasteiger partial charge in [0.05, 0.1) is 0 Å². The summed E-state index contributed by atoms with van der Waals surface area (Å²) in [5.74, 6) is 0.